The SMILES string of the molecule is CCN1CCC[C@H]1COc1ccc(-c2cc(NC3C=NC(C#N)=CN3C)n[nH]2)c(OC)c1. The van der Waals surface area contributed by atoms with Gasteiger partial charge < -0.3 is 19.7 Å². The lowest BCUT2D eigenvalue weighted by Crippen LogP contribution is -2.38. The molecule has 2 N–H and O–H groups in total. The molecule has 32 heavy (non-hydrogen) atoms. The Kier molecular flexibility index (Phi) is 6.61. The summed E-state index contributed by atoms with van der Waals surface area (Å²) in [6.07, 6.45) is 5.60. The van der Waals surface area contributed by atoms with Crippen molar-refractivity contribution in [2.75, 3.05) is 39.2 Å². The predicted octanol–water partition coefficient (Wildman–Crippen LogP) is 3.07. The van der Waals surface area contributed by atoms with Crippen molar-refractivity contribution in [3.63, 3.8) is 0 Å². The summed E-state index contributed by atoms with van der Waals surface area (Å²) in [5.74, 6) is 2.18. The molecule has 0 amide bonds. The van der Waals surface area contributed by atoms with Gasteiger partial charge in [-0.1, -0.05) is 6.92 Å². The molecule has 1 fully saturated rings. The van der Waals surface area contributed by atoms with Crippen LogP contribution in [0.25, 0.3) is 11.3 Å². The molecular formula is C23H29N7O2. The van der Waals surface area contributed by atoms with Crippen molar-refractivity contribution in [3.8, 4) is 28.8 Å². The van der Waals surface area contributed by atoms with E-state index in [1.54, 1.807) is 19.5 Å². The van der Waals surface area contributed by atoms with Crippen LogP contribution in [0.3, 0.4) is 0 Å². The lowest BCUT2D eigenvalue weighted by atomic mass is 10.1. The van der Waals surface area contributed by atoms with Crippen LogP contribution in [0.2, 0.25) is 0 Å². The van der Waals surface area contributed by atoms with E-state index in [0.717, 1.165) is 35.8 Å². The van der Waals surface area contributed by atoms with Crippen LogP contribution in [0.1, 0.15) is 19.8 Å². The second-order valence-corrected chi connectivity index (χ2v) is 7.92. The van der Waals surface area contributed by atoms with Gasteiger partial charge in [0.15, 0.2) is 5.70 Å². The molecule has 168 valence electrons. The smallest absolute Gasteiger partial charge is 0.156 e. The number of nitrogens with zero attached hydrogens (tertiary/aromatic N) is 5. The number of aromatic nitrogens is 2. The average Bonchev–Trinajstić information content (AvgIpc) is 3.48. The van der Waals surface area contributed by atoms with E-state index in [1.165, 1.54) is 12.8 Å². The number of H-pyrrole nitrogens is 1. The van der Waals surface area contributed by atoms with Crippen molar-refractivity contribution in [3.05, 3.63) is 36.2 Å². The normalized spacial score (nSPS) is 20.7. The third-order valence-corrected chi connectivity index (χ3v) is 5.92. The van der Waals surface area contributed by atoms with Gasteiger partial charge in [0.05, 0.1) is 12.8 Å². The van der Waals surface area contributed by atoms with E-state index in [0.29, 0.717) is 24.2 Å². The maximum Gasteiger partial charge on any atom is 0.156 e. The van der Waals surface area contributed by atoms with Crippen molar-refractivity contribution in [1.29, 1.82) is 5.26 Å². The number of benzene rings is 1. The highest BCUT2D eigenvalue weighted by Crippen LogP contribution is 2.33. The van der Waals surface area contributed by atoms with E-state index in [4.69, 9.17) is 14.7 Å². The molecule has 0 saturated carbocycles. The molecule has 1 aromatic carbocycles. The van der Waals surface area contributed by atoms with Crippen LogP contribution in [0.15, 0.2) is 41.2 Å². The number of hydrogen-bond acceptors (Lipinski definition) is 8. The number of likely N-dealkylation sites (N-methyl/N-ethyl adjacent to an activating group) is 1. The maximum atomic E-state index is 8.98. The molecule has 4 rings (SSSR count). The Morgan fingerprint density at radius 2 is 2.22 bits per heavy atom. The molecule has 2 aromatic rings. The van der Waals surface area contributed by atoms with Gasteiger partial charge in [0.1, 0.15) is 36.2 Å². The standard InChI is InChI=1S/C23H29N7O2/c1-4-30-9-5-6-17(30)15-32-18-7-8-19(21(10-18)31-3)20-11-22(28-27-20)26-23-13-25-16(12-24)14-29(23)2/h7-8,10-11,13-14,17,23H,4-6,9,15H2,1-3H3,(H2,26,27,28)/t17-,23?/m0/s1. The van der Waals surface area contributed by atoms with E-state index in [9.17, 15) is 0 Å². The number of rotatable bonds is 8. The first kappa shape index (κ1) is 21.7. The van der Waals surface area contributed by atoms with Crippen LogP contribution in [0.5, 0.6) is 11.5 Å². The Bertz CT molecular complexity index is 1040. The van der Waals surface area contributed by atoms with Gasteiger partial charge in [-0.25, -0.2) is 4.99 Å². The number of aromatic amines is 1. The van der Waals surface area contributed by atoms with Crippen molar-refractivity contribution < 1.29 is 9.47 Å². The van der Waals surface area contributed by atoms with Gasteiger partial charge in [-0.15, -0.1) is 0 Å². The minimum absolute atomic E-state index is 0.195. The third kappa shape index (κ3) is 4.70. The van der Waals surface area contributed by atoms with Crippen LogP contribution in [-0.4, -0.2) is 72.3 Å². The zero-order chi connectivity index (χ0) is 22.5. The number of methoxy groups -OCH3 is 1. The van der Waals surface area contributed by atoms with Crippen molar-refractivity contribution in [2.45, 2.75) is 32.0 Å². The quantitative estimate of drug-likeness (QED) is 0.657. The van der Waals surface area contributed by atoms with E-state index in [1.807, 2.05) is 42.3 Å². The minimum atomic E-state index is -0.195. The van der Waals surface area contributed by atoms with Gasteiger partial charge in [0.2, 0.25) is 0 Å². The Balaban J connectivity index is 1.43. The molecule has 1 saturated heterocycles. The number of nitriles is 1. The zero-order valence-corrected chi connectivity index (χ0v) is 18.7. The molecule has 2 aliphatic rings. The topological polar surface area (TPSA) is 102 Å². The lowest BCUT2D eigenvalue weighted by molar-refractivity contribution is 0.178. The Labute approximate surface area is 188 Å². The Hall–Kier alpha value is -3.51. The van der Waals surface area contributed by atoms with Crippen molar-refractivity contribution in [2.24, 2.45) is 4.99 Å². The van der Waals surface area contributed by atoms with Crippen LogP contribution < -0.4 is 14.8 Å². The molecule has 9 heteroatoms. The molecule has 0 bridgehead atoms. The Morgan fingerprint density at radius 3 is 2.97 bits per heavy atom. The number of nitrogens with one attached hydrogen (secondary N) is 2. The number of ether oxygens (including phenoxy) is 2. The summed E-state index contributed by atoms with van der Waals surface area (Å²) >= 11 is 0. The molecular weight excluding hydrogens is 406 g/mol. The van der Waals surface area contributed by atoms with Crippen LogP contribution >= 0.6 is 0 Å². The van der Waals surface area contributed by atoms with E-state index in [-0.39, 0.29) is 6.17 Å². The first-order valence-corrected chi connectivity index (χ1v) is 10.9. The summed E-state index contributed by atoms with van der Waals surface area (Å²) in [5.41, 5.74) is 2.09. The summed E-state index contributed by atoms with van der Waals surface area (Å²) in [6, 6.07) is 10.3. The molecule has 1 unspecified atom stereocenters. The Morgan fingerprint density at radius 1 is 1.34 bits per heavy atom. The molecule has 3 heterocycles. The van der Waals surface area contributed by atoms with E-state index in [2.05, 4.69) is 32.3 Å². The van der Waals surface area contributed by atoms with Crippen LogP contribution in [0, 0.1) is 11.3 Å². The number of likely N-dealkylation sites (tertiary alicyclic amines) is 1. The fourth-order valence-corrected chi connectivity index (χ4v) is 4.12. The second-order valence-electron chi connectivity index (χ2n) is 7.92. The molecule has 1 aromatic heterocycles. The summed E-state index contributed by atoms with van der Waals surface area (Å²) in [7, 11) is 3.53. The number of aliphatic imine (C=N–C) groups is 1. The monoisotopic (exact) mass is 435 g/mol. The van der Waals surface area contributed by atoms with Gasteiger partial charge in [-0.3, -0.25) is 10.00 Å². The predicted molar refractivity (Wildman–Crippen MR) is 124 cm³/mol. The summed E-state index contributed by atoms with van der Waals surface area (Å²) in [5, 5.41) is 19.7. The molecule has 0 spiro atoms. The molecule has 9 nitrogen and oxygen atoms in total. The summed E-state index contributed by atoms with van der Waals surface area (Å²) in [4.78, 5) is 8.47. The number of anilines is 1. The van der Waals surface area contributed by atoms with Crippen LogP contribution in [0.4, 0.5) is 5.82 Å². The fourth-order valence-electron chi connectivity index (χ4n) is 4.12. The van der Waals surface area contributed by atoms with Gasteiger partial charge in [0, 0.05) is 43.2 Å². The highest BCUT2D eigenvalue weighted by molar-refractivity contribution is 5.74. The van der Waals surface area contributed by atoms with Crippen molar-refractivity contribution in [1.82, 2.24) is 20.0 Å². The van der Waals surface area contributed by atoms with Gasteiger partial charge in [-0.2, -0.15) is 10.4 Å². The van der Waals surface area contributed by atoms with Gasteiger partial charge >= 0.3 is 0 Å². The average molecular weight is 436 g/mol. The summed E-state index contributed by atoms with van der Waals surface area (Å²) in [6.45, 7) is 5.10. The van der Waals surface area contributed by atoms with Crippen molar-refractivity contribution >= 4 is 12.0 Å². The second kappa shape index (κ2) is 9.75. The number of hydrogen-bond donors (Lipinski definition) is 2. The molecule has 2 aliphatic heterocycles. The maximum absolute atomic E-state index is 8.98. The highest BCUT2D eigenvalue weighted by atomic mass is 16.5. The van der Waals surface area contributed by atoms with Gasteiger partial charge in [0.25, 0.3) is 0 Å². The number of allylic oxidation sites excluding steroid dienone is 1. The van der Waals surface area contributed by atoms with E-state index >= 15 is 0 Å². The first-order chi connectivity index (χ1) is 15.6. The zero-order valence-electron chi connectivity index (χ0n) is 18.7. The minimum Gasteiger partial charge on any atom is -0.496 e. The van der Waals surface area contributed by atoms with Gasteiger partial charge in [-0.05, 0) is 38.1 Å². The largest absolute Gasteiger partial charge is 0.496 e. The first-order valence-electron chi connectivity index (χ1n) is 10.9. The highest BCUT2D eigenvalue weighted by Gasteiger charge is 2.23. The molecule has 0 radical (unpaired) electrons. The third-order valence-electron chi connectivity index (χ3n) is 5.92. The molecule has 2 atom stereocenters. The van der Waals surface area contributed by atoms with Crippen LogP contribution in [-0.2, 0) is 0 Å². The molecule has 0 aliphatic carbocycles. The van der Waals surface area contributed by atoms with E-state index < -0.39 is 0 Å². The fraction of sp³-hybridized carbons (Fsp3) is 0.435. The summed E-state index contributed by atoms with van der Waals surface area (Å²) < 4.78 is 11.7. The lowest BCUT2D eigenvalue weighted by Gasteiger charge is -2.26.